The van der Waals surface area contributed by atoms with Crippen LogP contribution in [0.2, 0.25) is 0 Å². The molecule has 2 fully saturated rings. The number of likely N-dealkylation sites (tertiary alicyclic amines) is 2. The van der Waals surface area contributed by atoms with Gasteiger partial charge in [0.15, 0.2) is 0 Å². The predicted octanol–water partition coefficient (Wildman–Crippen LogP) is 3.04. The fourth-order valence-corrected chi connectivity index (χ4v) is 6.35. The lowest BCUT2D eigenvalue weighted by Gasteiger charge is -2.51. The monoisotopic (exact) mass is 411 g/mol. The van der Waals surface area contributed by atoms with Gasteiger partial charge in [0.1, 0.15) is 15.8 Å². The van der Waals surface area contributed by atoms with Gasteiger partial charge in [-0.3, -0.25) is 19.6 Å². The highest BCUT2D eigenvalue weighted by Gasteiger charge is 2.53. The lowest BCUT2D eigenvalue weighted by Crippen LogP contribution is -2.59. The Morgan fingerprint density at radius 2 is 1.61 bits per heavy atom. The van der Waals surface area contributed by atoms with Crippen LogP contribution in [0.4, 0.5) is 0 Å². The molecule has 2 aliphatic heterocycles. The molecular weight excluding hydrogens is 390 g/mol. The summed E-state index contributed by atoms with van der Waals surface area (Å²) in [5.41, 5.74) is 1.04. The first-order valence-electron chi connectivity index (χ1n) is 9.39. The molecule has 3 aromatic heterocycles. The van der Waals surface area contributed by atoms with Crippen LogP contribution in [0.5, 0.6) is 0 Å². The number of nitrogens with zero attached hydrogens (tertiary/aromatic N) is 5. The van der Waals surface area contributed by atoms with Crippen molar-refractivity contribution in [3.63, 3.8) is 0 Å². The van der Waals surface area contributed by atoms with Crippen molar-refractivity contribution in [1.82, 2.24) is 24.8 Å². The number of aromatic nitrogens is 3. The Labute approximate surface area is 171 Å². The topological polar surface area (TPSA) is 62.2 Å². The van der Waals surface area contributed by atoms with Crippen molar-refractivity contribution in [3.8, 4) is 0 Å². The Hall–Kier alpha value is -2.00. The molecule has 3 aromatic rings. The predicted molar refractivity (Wildman–Crippen MR) is 109 cm³/mol. The number of rotatable bonds is 4. The van der Waals surface area contributed by atoms with E-state index in [0.29, 0.717) is 5.78 Å². The Morgan fingerprint density at radius 3 is 2.11 bits per heavy atom. The Kier molecular flexibility index (Phi) is 4.80. The standard InChI is InChI=1S/C20H21N5OS2/c1-24-16(19-22-6-8-27-19)14-11-25(10-13-4-2-3-5-21-13)12-15(18(14)26)17(24)20-23-7-9-28-20/h2-9,14-17H,10-12H2,1H3. The number of fused-ring (bicyclic) bond motifs is 2. The van der Waals surface area contributed by atoms with Gasteiger partial charge in [0.2, 0.25) is 0 Å². The van der Waals surface area contributed by atoms with E-state index in [1.807, 2.05) is 41.5 Å². The molecule has 6 nitrogen and oxygen atoms in total. The number of carbonyl (C=O) groups excluding carboxylic acids is 1. The number of hydrogen-bond acceptors (Lipinski definition) is 8. The molecule has 8 heteroatoms. The number of piperidine rings is 2. The smallest absolute Gasteiger partial charge is 0.145 e. The van der Waals surface area contributed by atoms with E-state index in [9.17, 15) is 4.79 Å². The number of carbonyl (C=O) groups is 1. The molecule has 4 unspecified atom stereocenters. The molecule has 2 aliphatic rings. The van der Waals surface area contributed by atoms with Crippen molar-refractivity contribution < 1.29 is 4.79 Å². The average molecular weight is 412 g/mol. The number of pyridine rings is 1. The zero-order chi connectivity index (χ0) is 19.1. The molecule has 5 heterocycles. The highest BCUT2D eigenvalue weighted by atomic mass is 32.1. The Morgan fingerprint density at radius 1 is 0.964 bits per heavy atom. The molecule has 4 atom stereocenters. The SMILES string of the molecule is CN1C(c2nccs2)C2CN(Cc3ccccn3)CC(C2=O)C1c1nccs1. The average Bonchev–Trinajstić information content (AvgIpc) is 3.39. The summed E-state index contributed by atoms with van der Waals surface area (Å²) in [6.07, 6.45) is 5.49. The number of Topliss-reactive ketones (excluding diaryl/α,β-unsaturated/α-hetero) is 1. The molecular formula is C20H21N5OS2. The van der Waals surface area contributed by atoms with E-state index in [-0.39, 0.29) is 23.9 Å². The van der Waals surface area contributed by atoms with Gasteiger partial charge in [0, 0.05) is 49.0 Å². The maximum Gasteiger partial charge on any atom is 0.145 e. The minimum absolute atomic E-state index is 0.0100. The van der Waals surface area contributed by atoms with E-state index in [1.54, 1.807) is 22.7 Å². The van der Waals surface area contributed by atoms with Gasteiger partial charge >= 0.3 is 0 Å². The number of hydrogen-bond donors (Lipinski definition) is 0. The summed E-state index contributed by atoms with van der Waals surface area (Å²) in [7, 11) is 2.12. The highest BCUT2D eigenvalue weighted by Crippen LogP contribution is 2.48. The van der Waals surface area contributed by atoms with Gasteiger partial charge in [-0.15, -0.1) is 22.7 Å². The fraction of sp³-hybridized carbons (Fsp3) is 0.400. The Balaban J connectivity index is 1.52. The van der Waals surface area contributed by atoms with Crippen LogP contribution in [0, 0.1) is 11.8 Å². The van der Waals surface area contributed by atoms with Crippen molar-refractivity contribution in [3.05, 3.63) is 63.3 Å². The van der Waals surface area contributed by atoms with Crippen molar-refractivity contribution in [2.45, 2.75) is 18.6 Å². The van der Waals surface area contributed by atoms with Crippen LogP contribution in [0.25, 0.3) is 0 Å². The molecule has 0 saturated carbocycles. The lowest BCUT2D eigenvalue weighted by atomic mass is 9.74. The summed E-state index contributed by atoms with van der Waals surface area (Å²) in [6, 6.07) is 5.98. The van der Waals surface area contributed by atoms with Crippen LogP contribution in [0.15, 0.2) is 47.5 Å². The van der Waals surface area contributed by atoms with Gasteiger partial charge < -0.3 is 0 Å². The van der Waals surface area contributed by atoms with Crippen molar-refractivity contribution in [2.75, 3.05) is 20.1 Å². The van der Waals surface area contributed by atoms with E-state index in [1.165, 1.54) is 0 Å². The molecule has 2 bridgehead atoms. The zero-order valence-electron chi connectivity index (χ0n) is 15.5. The van der Waals surface area contributed by atoms with Crippen molar-refractivity contribution >= 4 is 28.5 Å². The van der Waals surface area contributed by atoms with Crippen LogP contribution in [-0.2, 0) is 11.3 Å². The van der Waals surface area contributed by atoms with E-state index in [2.05, 4.69) is 37.9 Å². The largest absolute Gasteiger partial charge is 0.299 e. The highest BCUT2D eigenvalue weighted by molar-refractivity contribution is 7.10. The third-order valence-corrected chi connectivity index (χ3v) is 7.49. The molecule has 5 rings (SSSR count). The zero-order valence-corrected chi connectivity index (χ0v) is 17.1. The molecule has 0 aromatic carbocycles. The van der Waals surface area contributed by atoms with Gasteiger partial charge in [-0.05, 0) is 19.2 Å². The summed E-state index contributed by atoms with van der Waals surface area (Å²) in [4.78, 5) is 31.8. The van der Waals surface area contributed by atoms with Crippen molar-refractivity contribution in [2.24, 2.45) is 11.8 Å². The number of thiazole rings is 2. The first kappa shape index (κ1) is 18.1. The van der Waals surface area contributed by atoms with Crippen LogP contribution in [0.3, 0.4) is 0 Å². The fourth-order valence-electron chi connectivity index (χ4n) is 4.64. The molecule has 0 amide bonds. The van der Waals surface area contributed by atoms with E-state index < -0.39 is 0 Å². The second-order valence-corrected chi connectivity index (χ2v) is 9.28. The maximum absolute atomic E-state index is 13.4. The minimum Gasteiger partial charge on any atom is -0.299 e. The second kappa shape index (κ2) is 7.44. The van der Waals surface area contributed by atoms with Crippen molar-refractivity contribution in [1.29, 1.82) is 0 Å². The first-order chi connectivity index (χ1) is 13.7. The van der Waals surface area contributed by atoms with Gasteiger partial charge in [0.25, 0.3) is 0 Å². The first-order valence-corrected chi connectivity index (χ1v) is 11.1. The summed E-state index contributed by atoms with van der Waals surface area (Å²) >= 11 is 3.26. The summed E-state index contributed by atoms with van der Waals surface area (Å²) < 4.78 is 0. The quantitative estimate of drug-likeness (QED) is 0.658. The molecule has 28 heavy (non-hydrogen) atoms. The maximum atomic E-state index is 13.4. The van der Waals surface area contributed by atoms with Crippen LogP contribution < -0.4 is 0 Å². The molecule has 0 aliphatic carbocycles. The summed E-state index contributed by atoms with van der Waals surface area (Å²) in [6.45, 7) is 2.25. The third-order valence-electron chi connectivity index (χ3n) is 5.80. The minimum atomic E-state index is -0.0742. The van der Waals surface area contributed by atoms with Gasteiger partial charge in [0.05, 0.1) is 29.6 Å². The van der Waals surface area contributed by atoms with E-state index in [0.717, 1.165) is 35.3 Å². The molecule has 0 radical (unpaired) electrons. The molecule has 144 valence electrons. The lowest BCUT2D eigenvalue weighted by molar-refractivity contribution is -0.147. The van der Waals surface area contributed by atoms with Gasteiger partial charge in [-0.25, -0.2) is 9.97 Å². The Bertz CT molecular complexity index is 877. The normalized spacial score (nSPS) is 28.5. The number of ketones is 1. The summed E-state index contributed by atoms with van der Waals surface area (Å²) in [5.74, 6) is 0.209. The van der Waals surface area contributed by atoms with Gasteiger partial charge in [-0.2, -0.15) is 0 Å². The van der Waals surface area contributed by atoms with Gasteiger partial charge in [-0.1, -0.05) is 6.07 Å². The van der Waals surface area contributed by atoms with Crippen LogP contribution >= 0.6 is 22.7 Å². The van der Waals surface area contributed by atoms with Crippen LogP contribution in [0.1, 0.15) is 27.8 Å². The summed E-state index contributed by atoms with van der Waals surface area (Å²) in [5, 5.41) is 6.01. The van der Waals surface area contributed by atoms with E-state index in [4.69, 9.17) is 0 Å². The third kappa shape index (κ3) is 3.10. The molecule has 0 N–H and O–H groups in total. The van der Waals surface area contributed by atoms with Crippen LogP contribution in [-0.4, -0.2) is 50.7 Å². The molecule has 2 saturated heterocycles. The van der Waals surface area contributed by atoms with E-state index >= 15 is 0 Å². The second-order valence-electron chi connectivity index (χ2n) is 7.43. The molecule has 0 spiro atoms.